The monoisotopic (exact) mass is 300 g/mol. The van der Waals surface area contributed by atoms with Gasteiger partial charge in [-0.2, -0.15) is 0 Å². The first-order valence-corrected chi connectivity index (χ1v) is 8.14. The zero-order valence-corrected chi connectivity index (χ0v) is 14.0. The van der Waals surface area contributed by atoms with Crippen LogP contribution in [-0.4, -0.2) is 41.6 Å². The van der Waals surface area contributed by atoms with E-state index in [1.165, 1.54) is 19.3 Å². The summed E-state index contributed by atoms with van der Waals surface area (Å²) in [6.45, 7) is 9.39. The molecule has 0 saturated carbocycles. The molecule has 0 aliphatic carbocycles. The van der Waals surface area contributed by atoms with Crippen molar-refractivity contribution in [3.05, 3.63) is 0 Å². The predicted octanol–water partition coefficient (Wildman–Crippen LogP) is 3.35. The van der Waals surface area contributed by atoms with Crippen molar-refractivity contribution in [2.45, 2.75) is 59.8 Å². The first kappa shape index (κ1) is 19.7. The second-order valence-corrected chi connectivity index (χ2v) is 6.11. The fourth-order valence-corrected chi connectivity index (χ4v) is 2.10. The minimum Gasteiger partial charge on any atom is -0.481 e. The molecule has 0 aromatic carbocycles. The standard InChI is InChI=1S/C16H32N2O3/c1-5-18(12-14(4)15(19)20)16(21)17-11-9-7-6-8-10-13(2)3/h13-14H,5-12H2,1-4H3,(H,17,21)(H,19,20). The lowest BCUT2D eigenvalue weighted by Crippen LogP contribution is -2.43. The lowest BCUT2D eigenvalue weighted by atomic mass is 10.0. The smallest absolute Gasteiger partial charge is 0.317 e. The largest absolute Gasteiger partial charge is 0.481 e. The summed E-state index contributed by atoms with van der Waals surface area (Å²) in [4.78, 5) is 24.3. The number of nitrogens with zero attached hydrogens (tertiary/aromatic N) is 1. The van der Waals surface area contributed by atoms with Gasteiger partial charge in [0.05, 0.1) is 5.92 Å². The van der Waals surface area contributed by atoms with Crippen LogP contribution in [0.3, 0.4) is 0 Å². The van der Waals surface area contributed by atoms with Crippen LogP contribution in [0.5, 0.6) is 0 Å². The van der Waals surface area contributed by atoms with Crippen molar-refractivity contribution in [3.8, 4) is 0 Å². The Bertz CT molecular complexity index is 306. The number of carboxylic acid groups (broad SMARTS) is 1. The molecule has 124 valence electrons. The Hall–Kier alpha value is -1.26. The van der Waals surface area contributed by atoms with Crippen molar-refractivity contribution in [1.29, 1.82) is 0 Å². The highest BCUT2D eigenvalue weighted by Gasteiger charge is 2.18. The summed E-state index contributed by atoms with van der Waals surface area (Å²) in [6.07, 6.45) is 5.84. The number of carboxylic acids is 1. The molecule has 0 aliphatic heterocycles. The maximum absolute atomic E-state index is 11.9. The Balaban J connectivity index is 3.78. The second kappa shape index (κ2) is 11.4. The topological polar surface area (TPSA) is 69.6 Å². The SMILES string of the molecule is CCN(CC(C)C(=O)O)C(=O)NCCCCCCC(C)C. The van der Waals surface area contributed by atoms with E-state index in [9.17, 15) is 9.59 Å². The van der Waals surface area contributed by atoms with E-state index in [0.717, 1.165) is 18.8 Å². The number of amides is 2. The Morgan fingerprint density at radius 1 is 1.10 bits per heavy atom. The van der Waals surface area contributed by atoms with Gasteiger partial charge in [-0.25, -0.2) is 4.79 Å². The number of carbonyl (C=O) groups excluding carboxylic acids is 1. The zero-order valence-electron chi connectivity index (χ0n) is 14.0. The third kappa shape index (κ3) is 10.2. The van der Waals surface area contributed by atoms with E-state index >= 15 is 0 Å². The van der Waals surface area contributed by atoms with Crippen molar-refractivity contribution in [3.63, 3.8) is 0 Å². The zero-order chi connectivity index (χ0) is 16.3. The molecule has 0 fully saturated rings. The highest BCUT2D eigenvalue weighted by atomic mass is 16.4. The van der Waals surface area contributed by atoms with Gasteiger partial charge >= 0.3 is 12.0 Å². The van der Waals surface area contributed by atoms with Gasteiger partial charge in [0.2, 0.25) is 0 Å². The molecule has 2 N–H and O–H groups in total. The average Bonchev–Trinajstić information content (AvgIpc) is 2.42. The first-order valence-electron chi connectivity index (χ1n) is 8.14. The van der Waals surface area contributed by atoms with E-state index in [1.807, 2.05) is 6.92 Å². The van der Waals surface area contributed by atoms with E-state index in [-0.39, 0.29) is 12.6 Å². The summed E-state index contributed by atoms with van der Waals surface area (Å²) < 4.78 is 0. The Morgan fingerprint density at radius 3 is 2.24 bits per heavy atom. The number of hydrogen-bond acceptors (Lipinski definition) is 2. The van der Waals surface area contributed by atoms with Crippen LogP contribution in [0.15, 0.2) is 0 Å². The average molecular weight is 300 g/mol. The maximum Gasteiger partial charge on any atom is 0.317 e. The highest BCUT2D eigenvalue weighted by Crippen LogP contribution is 2.09. The normalized spacial score (nSPS) is 12.2. The van der Waals surface area contributed by atoms with Gasteiger partial charge in [-0.05, 0) is 19.3 Å². The Labute approximate surface area is 129 Å². The Kier molecular flexibility index (Phi) is 10.7. The van der Waals surface area contributed by atoms with E-state index in [2.05, 4.69) is 19.2 Å². The molecule has 0 saturated heterocycles. The van der Waals surface area contributed by atoms with Crippen molar-refractivity contribution in [1.82, 2.24) is 10.2 Å². The summed E-state index contributed by atoms with van der Waals surface area (Å²) >= 11 is 0. The van der Waals surface area contributed by atoms with Gasteiger partial charge in [0.15, 0.2) is 0 Å². The molecule has 0 aliphatic rings. The molecule has 0 radical (unpaired) electrons. The molecule has 2 amide bonds. The van der Waals surface area contributed by atoms with Crippen LogP contribution in [0.1, 0.15) is 59.8 Å². The second-order valence-electron chi connectivity index (χ2n) is 6.11. The maximum atomic E-state index is 11.9. The molecule has 0 aromatic heterocycles. The number of hydrogen-bond donors (Lipinski definition) is 2. The number of aliphatic carboxylic acids is 1. The number of urea groups is 1. The molecule has 5 nitrogen and oxygen atoms in total. The molecule has 5 heteroatoms. The molecule has 0 heterocycles. The lowest BCUT2D eigenvalue weighted by molar-refractivity contribution is -0.141. The first-order chi connectivity index (χ1) is 9.88. The van der Waals surface area contributed by atoms with Crippen LogP contribution in [0.4, 0.5) is 4.79 Å². The summed E-state index contributed by atoms with van der Waals surface area (Å²) in [5.41, 5.74) is 0. The van der Waals surface area contributed by atoms with Crippen LogP contribution in [0.25, 0.3) is 0 Å². The van der Waals surface area contributed by atoms with Gasteiger partial charge in [-0.15, -0.1) is 0 Å². The number of nitrogens with one attached hydrogen (secondary N) is 1. The quantitative estimate of drug-likeness (QED) is 0.575. The van der Waals surface area contributed by atoms with E-state index in [4.69, 9.17) is 5.11 Å². The van der Waals surface area contributed by atoms with Gasteiger partial charge in [-0.1, -0.05) is 46.5 Å². The van der Waals surface area contributed by atoms with Crippen LogP contribution in [-0.2, 0) is 4.79 Å². The van der Waals surface area contributed by atoms with E-state index in [1.54, 1.807) is 11.8 Å². The lowest BCUT2D eigenvalue weighted by Gasteiger charge is -2.23. The van der Waals surface area contributed by atoms with Crippen LogP contribution in [0, 0.1) is 11.8 Å². The third-order valence-electron chi connectivity index (χ3n) is 3.57. The van der Waals surface area contributed by atoms with Gasteiger partial charge in [0.25, 0.3) is 0 Å². The third-order valence-corrected chi connectivity index (χ3v) is 3.57. The summed E-state index contributed by atoms with van der Waals surface area (Å²) in [7, 11) is 0. The molecule has 0 bridgehead atoms. The van der Waals surface area contributed by atoms with Crippen LogP contribution in [0.2, 0.25) is 0 Å². The fourth-order valence-electron chi connectivity index (χ4n) is 2.10. The molecule has 1 atom stereocenters. The number of rotatable bonds is 11. The number of unbranched alkanes of at least 4 members (excludes halogenated alkanes) is 3. The van der Waals surface area contributed by atoms with Crippen LogP contribution < -0.4 is 5.32 Å². The Morgan fingerprint density at radius 2 is 1.71 bits per heavy atom. The molecular weight excluding hydrogens is 268 g/mol. The summed E-state index contributed by atoms with van der Waals surface area (Å²) in [5, 5.41) is 11.8. The minimum absolute atomic E-state index is 0.159. The minimum atomic E-state index is -0.869. The predicted molar refractivity (Wildman–Crippen MR) is 85.4 cm³/mol. The van der Waals surface area contributed by atoms with Crippen molar-refractivity contribution in [2.75, 3.05) is 19.6 Å². The van der Waals surface area contributed by atoms with Gasteiger partial charge < -0.3 is 15.3 Å². The van der Waals surface area contributed by atoms with Crippen molar-refractivity contribution < 1.29 is 14.7 Å². The highest BCUT2D eigenvalue weighted by molar-refractivity contribution is 5.75. The fraction of sp³-hybridized carbons (Fsp3) is 0.875. The molecule has 0 rings (SSSR count). The molecule has 1 unspecified atom stereocenters. The molecular formula is C16H32N2O3. The molecule has 0 aromatic rings. The van der Waals surface area contributed by atoms with Crippen molar-refractivity contribution in [2.24, 2.45) is 11.8 Å². The van der Waals surface area contributed by atoms with E-state index in [0.29, 0.717) is 13.1 Å². The van der Waals surface area contributed by atoms with E-state index < -0.39 is 11.9 Å². The van der Waals surface area contributed by atoms with Gasteiger partial charge in [0, 0.05) is 19.6 Å². The summed E-state index contributed by atoms with van der Waals surface area (Å²) in [5.74, 6) is -0.642. The van der Waals surface area contributed by atoms with Crippen molar-refractivity contribution >= 4 is 12.0 Å². The van der Waals surface area contributed by atoms with Crippen LogP contribution >= 0.6 is 0 Å². The van der Waals surface area contributed by atoms with Gasteiger partial charge in [-0.3, -0.25) is 4.79 Å². The summed E-state index contributed by atoms with van der Waals surface area (Å²) in [6, 6.07) is -0.159. The van der Waals surface area contributed by atoms with Gasteiger partial charge in [0.1, 0.15) is 0 Å². The number of carbonyl (C=O) groups is 2. The molecule has 21 heavy (non-hydrogen) atoms. The molecule has 0 spiro atoms.